The molecule has 1 aromatic carbocycles. The summed E-state index contributed by atoms with van der Waals surface area (Å²) < 4.78 is 0. The molecule has 0 spiro atoms. The number of likely N-dealkylation sites (N-methyl/N-ethyl adjacent to an activating group) is 2. The van der Waals surface area contributed by atoms with Crippen LogP contribution >= 0.6 is 0 Å². The van der Waals surface area contributed by atoms with Crippen LogP contribution in [0.5, 0.6) is 0 Å². The highest BCUT2D eigenvalue weighted by atomic mass is 16.2. The number of carbonyl (C=O) groups excluding carboxylic acids is 1. The normalized spacial score (nSPS) is 10.7. The van der Waals surface area contributed by atoms with Gasteiger partial charge in [-0.05, 0) is 36.9 Å². The zero-order valence-electron chi connectivity index (χ0n) is 14.7. The molecule has 24 heavy (non-hydrogen) atoms. The van der Waals surface area contributed by atoms with Crippen LogP contribution in [0.3, 0.4) is 0 Å². The predicted octanol–water partition coefficient (Wildman–Crippen LogP) is 3.55. The zero-order chi connectivity index (χ0) is 17.4. The third kappa shape index (κ3) is 5.06. The molecule has 5 nitrogen and oxygen atoms in total. The zero-order valence-corrected chi connectivity index (χ0v) is 14.7. The Hall–Kier alpha value is -2.40. The molecule has 0 radical (unpaired) electrons. The van der Waals surface area contributed by atoms with Crippen LogP contribution in [0, 0.1) is 0 Å². The molecule has 0 aliphatic heterocycles. The molecule has 0 saturated carbocycles. The summed E-state index contributed by atoms with van der Waals surface area (Å²) in [6.45, 7) is 7.85. The van der Waals surface area contributed by atoms with Crippen molar-refractivity contribution in [1.29, 1.82) is 0 Å². The minimum Gasteiger partial charge on any atom is -0.326 e. The first-order valence-corrected chi connectivity index (χ1v) is 8.39. The number of benzene rings is 1. The van der Waals surface area contributed by atoms with Gasteiger partial charge in [-0.1, -0.05) is 32.0 Å². The Morgan fingerprint density at radius 1 is 1.08 bits per heavy atom. The fourth-order valence-electron chi connectivity index (χ4n) is 2.46. The number of nitrogens with one attached hydrogen (secondary N) is 1. The lowest BCUT2D eigenvalue weighted by atomic mass is 10.1. The Morgan fingerprint density at radius 2 is 1.83 bits per heavy atom. The lowest BCUT2D eigenvalue weighted by Crippen LogP contribution is -2.38. The molecule has 2 aromatic rings. The monoisotopic (exact) mass is 326 g/mol. The van der Waals surface area contributed by atoms with Gasteiger partial charge in [0.1, 0.15) is 0 Å². The molecule has 0 aliphatic carbocycles. The van der Waals surface area contributed by atoms with Crippen LogP contribution in [-0.2, 0) is 0 Å². The van der Waals surface area contributed by atoms with Crippen LogP contribution in [0.15, 0.2) is 48.8 Å². The number of pyridine rings is 1. The summed E-state index contributed by atoms with van der Waals surface area (Å²) in [5.41, 5.74) is 2.85. The highest BCUT2D eigenvalue weighted by Gasteiger charge is 2.10. The molecule has 2 amide bonds. The predicted molar refractivity (Wildman–Crippen MR) is 99.1 cm³/mol. The van der Waals surface area contributed by atoms with Gasteiger partial charge in [0.05, 0.1) is 0 Å². The van der Waals surface area contributed by atoms with E-state index in [-0.39, 0.29) is 6.03 Å². The molecule has 1 N–H and O–H groups in total. The minimum absolute atomic E-state index is 0.0921. The number of hydrogen-bond acceptors (Lipinski definition) is 3. The highest BCUT2D eigenvalue weighted by molar-refractivity contribution is 5.90. The van der Waals surface area contributed by atoms with E-state index in [0.29, 0.717) is 6.54 Å². The maximum Gasteiger partial charge on any atom is 0.321 e. The van der Waals surface area contributed by atoms with Gasteiger partial charge in [-0.3, -0.25) is 4.98 Å². The smallest absolute Gasteiger partial charge is 0.321 e. The Kier molecular flexibility index (Phi) is 6.75. The van der Waals surface area contributed by atoms with Crippen LogP contribution in [0.1, 0.15) is 13.8 Å². The van der Waals surface area contributed by atoms with E-state index in [0.717, 1.165) is 36.4 Å². The average molecular weight is 326 g/mol. The molecule has 5 heteroatoms. The van der Waals surface area contributed by atoms with Crippen molar-refractivity contribution in [1.82, 2.24) is 14.8 Å². The summed E-state index contributed by atoms with van der Waals surface area (Å²) in [5, 5.41) is 2.96. The Morgan fingerprint density at radius 3 is 2.50 bits per heavy atom. The van der Waals surface area contributed by atoms with E-state index in [1.807, 2.05) is 49.6 Å². The van der Waals surface area contributed by atoms with Crippen molar-refractivity contribution in [2.75, 3.05) is 38.5 Å². The van der Waals surface area contributed by atoms with Gasteiger partial charge in [0.2, 0.25) is 0 Å². The van der Waals surface area contributed by atoms with Crippen molar-refractivity contribution in [2.24, 2.45) is 0 Å². The van der Waals surface area contributed by atoms with E-state index in [2.05, 4.69) is 29.0 Å². The van der Waals surface area contributed by atoms with Crippen LogP contribution in [0.25, 0.3) is 11.1 Å². The van der Waals surface area contributed by atoms with Crippen molar-refractivity contribution in [3.05, 3.63) is 48.8 Å². The van der Waals surface area contributed by atoms with Gasteiger partial charge in [-0.15, -0.1) is 0 Å². The van der Waals surface area contributed by atoms with E-state index < -0.39 is 0 Å². The summed E-state index contributed by atoms with van der Waals surface area (Å²) in [4.78, 5) is 20.5. The number of nitrogens with zero attached hydrogens (tertiary/aromatic N) is 3. The molecule has 1 aromatic heterocycles. The van der Waals surface area contributed by atoms with Crippen LogP contribution in [0.2, 0.25) is 0 Å². The largest absolute Gasteiger partial charge is 0.326 e. The first kappa shape index (κ1) is 17.9. The fourth-order valence-corrected chi connectivity index (χ4v) is 2.46. The topological polar surface area (TPSA) is 48.5 Å². The summed E-state index contributed by atoms with van der Waals surface area (Å²) >= 11 is 0. The van der Waals surface area contributed by atoms with Crippen molar-refractivity contribution in [2.45, 2.75) is 13.8 Å². The maximum atomic E-state index is 12.3. The van der Waals surface area contributed by atoms with E-state index in [9.17, 15) is 4.79 Å². The summed E-state index contributed by atoms with van der Waals surface area (Å²) in [5.74, 6) is 0. The number of anilines is 1. The van der Waals surface area contributed by atoms with E-state index in [1.165, 1.54) is 0 Å². The second-order valence-corrected chi connectivity index (χ2v) is 5.70. The third-order valence-electron chi connectivity index (χ3n) is 4.10. The molecular weight excluding hydrogens is 300 g/mol. The van der Waals surface area contributed by atoms with Gasteiger partial charge in [0, 0.05) is 43.8 Å². The van der Waals surface area contributed by atoms with Gasteiger partial charge >= 0.3 is 6.03 Å². The summed E-state index contributed by atoms with van der Waals surface area (Å²) in [6.07, 6.45) is 3.57. The highest BCUT2D eigenvalue weighted by Crippen LogP contribution is 2.21. The lowest BCUT2D eigenvalue weighted by molar-refractivity contribution is 0.210. The van der Waals surface area contributed by atoms with E-state index >= 15 is 0 Å². The quantitative estimate of drug-likeness (QED) is 0.846. The first-order chi connectivity index (χ1) is 11.6. The number of urea groups is 1. The molecule has 128 valence electrons. The average Bonchev–Trinajstić information content (AvgIpc) is 2.63. The third-order valence-corrected chi connectivity index (χ3v) is 4.10. The fraction of sp³-hybridized carbons (Fsp3) is 0.368. The van der Waals surface area contributed by atoms with Crippen LogP contribution < -0.4 is 5.32 Å². The molecule has 0 atom stereocenters. The second kappa shape index (κ2) is 9.03. The first-order valence-electron chi connectivity index (χ1n) is 8.39. The molecular formula is C19H26N4O. The molecule has 2 rings (SSSR count). The number of carbonyl (C=O) groups is 1. The molecule has 0 saturated heterocycles. The maximum absolute atomic E-state index is 12.3. The van der Waals surface area contributed by atoms with Crippen LogP contribution in [-0.4, -0.2) is 54.0 Å². The van der Waals surface area contributed by atoms with Gasteiger partial charge in [0.15, 0.2) is 0 Å². The van der Waals surface area contributed by atoms with E-state index in [4.69, 9.17) is 0 Å². The van der Waals surface area contributed by atoms with Crippen molar-refractivity contribution < 1.29 is 4.79 Å². The number of rotatable bonds is 7. The molecule has 0 bridgehead atoms. The number of hydrogen-bond donors (Lipinski definition) is 1. The standard InChI is InChI=1S/C19H26N4O/c1-4-23(5-2)13-12-22(3)19(24)21-18-10-6-8-16(14-18)17-9-7-11-20-15-17/h6-11,14-15H,4-5,12-13H2,1-3H3,(H,21,24). The number of amides is 2. The molecule has 0 unspecified atom stereocenters. The lowest BCUT2D eigenvalue weighted by Gasteiger charge is -2.23. The Labute approximate surface area is 144 Å². The Bertz CT molecular complexity index is 641. The van der Waals surface area contributed by atoms with Crippen molar-refractivity contribution in [3.8, 4) is 11.1 Å². The molecule has 0 fully saturated rings. The molecule has 0 aliphatic rings. The van der Waals surface area contributed by atoms with Gasteiger partial charge < -0.3 is 15.1 Å². The van der Waals surface area contributed by atoms with Gasteiger partial charge in [-0.2, -0.15) is 0 Å². The SMILES string of the molecule is CCN(CC)CCN(C)C(=O)Nc1cccc(-c2cccnc2)c1. The minimum atomic E-state index is -0.0921. The number of aromatic nitrogens is 1. The summed E-state index contributed by atoms with van der Waals surface area (Å²) in [6, 6.07) is 11.6. The second-order valence-electron chi connectivity index (χ2n) is 5.70. The summed E-state index contributed by atoms with van der Waals surface area (Å²) in [7, 11) is 1.82. The van der Waals surface area contributed by atoms with Crippen molar-refractivity contribution in [3.63, 3.8) is 0 Å². The Balaban J connectivity index is 1.96. The van der Waals surface area contributed by atoms with Crippen molar-refractivity contribution >= 4 is 11.7 Å². The van der Waals surface area contributed by atoms with Gasteiger partial charge in [0.25, 0.3) is 0 Å². The van der Waals surface area contributed by atoms with E-state index in [1.54, 1.807) is 11.1 Å². The van der Waals surface area contributed by atoms with Gasteiger partial charge in [-0.25, -0.2) is 4.79 Å². The van der Waals surface area contributed by atoms with Crippen LogP contribution in [0.4, 0.5) is 10.5 Å². The molecule has 1 heterocycles.